The van der Waals surface area contributed by atoms with E-state index in [9.17, 15) is 9.59 Å². The van der Waals surface area contributed by atoms with Crippen molar-refractivity contribution < 1.29 is 9.59 Å². The number of ketones is 1. The van der Waals surface area contributed by atoms with Crippen LogP contribution in [0.15, 0.2) is 46.7 Å². The van der Waals surface area contributed by atoms with Gasteiger partial charge in [0, 0.05) is 23.5 Å². The lowest BCUT2D eigenvalue weighted by Gasteiger charge is -2.25. The Labute approximate surface area is 138 Å². The van der Waals surface area contributed by atoms with Crippen molar-refractivity contribution in [3.05, 3.63) is 52.2 Å². The first kappa shape index (κ1) is 15.3. The summed E-state index contributed by atoms with van der Waals surface area (Å²) in [5, 5.41) is 4.95. The summed E-state index contributed by atoms with van der Waals surface area (Å²) in [7, 11) is 0. The third kappa shape index (κ3) is 3.59. The lowest BCUT2D eigenvalue weighted by atomic mass is 10.0. The lowest BCUT2D eigenvalue weighted by molar-refractivity contribution is -0.121. The molecule has 22 heavy (non-hydrogen) atoms. The number of thioether (sulfide) groups is 1. The van der Waals surface area contributed by atoms with E-state index in [2.05, 4.69) is 17.4 Å². The van der Waals surface area contributed by atoms with Crippen LogP contribution >= 0.6 is 23.1 Å². The van der Waals surface area contributed by atoms with Crippen LogP contribution in [-0.4, -0.2) is 17.4 Å². The fourth-order valence-corrected chi connectivity index (χ4v) is 4.37. The number of amides is 1. The molecule has 0 radical (unpaired) electrons. The van der Waals surface area contributed by atoms with E-state index in [1.807, 2.05) is 35.3 Å². The van der Waals surface area contributed by atoms with Crippen LogP contribution in [0.4, 0.5) is 0 Å². The van der Waals surface area contributed by atoms with Crippen LogP contribution in [0.5, 0.6) is 0 Å². The van der Waals surface area contributed by atoms with Gasteiger partial charge in [0.1, 0.15) is 0 Å². The minimum atomic E-state index is -0.0448. The predicted octanol–water partition coefficient (Wildman–Crippen LogP) is 4.06. The van der Waals surface area contributed by atoms with Crippen LogP contribution in [0.25, 0.3) is 0 Å². The van der Waals surface area contributed by atoms with E-state index in [-0.39, 0.29) is 30.6 Å². The summed E-state index contributed by atoms with van der Waals surface area (Å²) in [5.41, 5.74) is 1.19. The maximum Gasteiger partial charge on any atom is 0.220 e. The number of benzene rings is 1. The van der Waals surface area contributed by atoms with Crippen molar-refractivity contribution in [3.63, 3.8) is 0 Å². The van der Waals surface area contributed by atoms with Crippen molar-refractivity contribution in [2.45, 2.75) is 30.2 Å². The lowest BCUT2D eigenvalue weighted by Crippen LogP contribution is -2.30. The number of rotatable bonds is 5. The number of carbonyl (C=O) groups is 2. The first-order valence-electron chi connectivity index (χ1n) is 7.32. The Morgan fingerprint density at radius 3 is 2.82 bits per heavy atom. The molecule has 1 aromatic heterocycles. The molecule has 3 nitrogen and oxygen atoms in total. The van der Waals surface area contributed by atoms with Gasteiger partial charge < -0.3 is 5.32 Å². The van der Waals surface area contributed by atoms with E-state index >= 15 is 0 Å². The molecule has 1 aliphatic rings. The van der Waals surface area contributed by atoms with Crippen LogP contribution in [0, 0.1) is 0 Å². The molecule has 114 valence electrons. The monoisotopic (exact) mass is 331 g/mol. The molecule has 0 spiro atoms. The maximum atomic E-state index is 12.1. The topological polar surface area (TPSA) is 46.2 Å². The van der Waals surface area contributed by atoms with Crippen molar-refractivity contribution >= 4 is 34.8 Å². The van der Waals surface area contributed by atoms with Crippen LogP contribution in [0.1, 0.15) is 40.5 Å². The summed E-state index contributed by atoms with van der Waals surface area (Å²) in [6, 6.07) is 11.9. The molecule has 5 heteroatoms. The van der Waals surface area contributed by atoms with Gasteiger partial charge in [0.05, 0.1) is 10.9 Å². The second kappa shape index (κ2) is 7.11. The SMILES string of the molecule is O=C(CCC(=O)c1cccs1)N[C@@H]1CCSc2ccccc21. The molecule has 0 unspecified atom stereocenters. The normalized spacial score (nSPS) is 16.8. The molecule has 1 aliphatic heterocycles. The molecule has 2 aromatic rings. The summed E-state index contributed by atoms with van der Waals surface area (Å²) in [4.78, 5) is 26.0. The highest BCUT2D eigenvalue weighted by Crippen LogP contribution is 2.35. The second-order valence-electron chi connectivity index (χ2n) is 5.20. The molecule has 1 atom stereocenters. The molecule has 1 amide bonds. The van der Waals surface area contributed by atoms with Crippen molar-refractivity contribution in [1.29, 1.82) is 0 Å². The van der Waals surface area contributed by atoms with Crippen molar-refractivity contribution in [2.75, 3.05) is 5.75 Å². The third-order valence-electron chi connectivity index (χ3n) is 3.67. The zero-order chi connectivity index (χ0) is 15.4. The quantitative estimate of drug-likeness (QED) is 0.840. The van der Waals surface area contributed by atoms with Gasteiger partial charge in [0.15, 0.2) is 5.78 Å². The molecule has 1 N–H and O–H groups in total. The van der Waals surface area contributed by atoms with Gasteiger partial charge in [-0.25, -0.2) is 0 Å². The molecule has 1 aromatic carbocycles. The zero-order valence-electron chi connectivity index (χ0n) is 12.1. The van der Waals surface area contributed by atoms with Crippen LogP contribution in [-0.2, 0) is 4.79 Å². The average Bonchev–Trinajstić information content (AvgIpc) is 3.07. The number of fused-ring (bicyclic) bond motifs is 1. The highest BCUT2D eigenvalue weighted by atomic mass is 32.2. The van der Waals surface area contributed by atoms with Gasteiger partial charge in [-0.15, -0.1) is 23.1 Å². The van der Waals surface area contributed by atoms with Crippen LogP contribution in [0.2, 0.25) is 0 Å². The van der Waals surface area contributed by atoms with Crippen LogP contribution < -0.4 is 5.32 Å². The zero-order valence-corrected chi connectivity index (χ0v) is 13.7. The molecule has 0 saturated heterocycles. The number of hydrogen-bond acceptors (Lipinski definition) is 4. The highest BCUT2D eigenvalue weighted by molar-refractivity contribution is 7.99. The maximum absolute atomic E-state index is 12.1. The summed E-state index contributed by atoms with van der Waals surface area (Å²) >= 11 is 3.26. The van der Waals surface area contributed by atoms with Crippen molar-refractivity contribution in [3.8, 4) is 0 Å². The molecular weight excluding hydrogens is 314 g/mol. The minimum Gasteiger partial charge on any atom is -0.349 e. The smallest absolute Gasteiger partial charge is 0.220 e. The standard InChI is InChI=1S/C17H17NO2S2/c19-14(16-6-3-10-21-16)7-8-17(20)18-13-9-11-22-15-5-2-1-4-12(13)15/h1-6,10,13H,7-9,11H2,(H,18,20)/t13-/m1/s1. The number of hydrogen-bond donors (Lipinski definition) is 1. The largest absolute Gasteiger partial charge is 0.349 e. The van der Waals surface area contributed by atoms with E-state index in [0.29, 0.717) is 0 Å². The van der Waals surface area contributed by atoms with E-state index < -0.39 is 0 Å². The third-order valence-corrected chi connectivity index (χ3v) is 5.70. The van der Waals surface area contributed by atoms with Gasteiger partial charge in [-0.3, -0.25) is 9.59 Å². The fourth-order valence-electron chi connectivity index (χ4n) is 2.55. The van der Waals surface area contributed by atoms with E-state index in [1.54, 1.807) is 6.07 Å². The molecule has 0 saturated carbocycles. The number of Topliss-reactive ketones (excluding diaryl/α,β-unsaturated/α-hetero) is 1. The Balaban J connectivity index is 1.55. The van der Waals surface area contributed by atoms with E-state index in [1.165, 1.54) is 21.8 Å². The number of carbonyl (C=O) groups excluding carboxylic acids is 2. The Morgan fingerprint density at radius 2 is 2.00 bits per heavy atom. The van der Waals surface area contributed by atoms with E-state index in [4.69, 9.17) is 0 Å². The molecule has 0 bridgehead atoms. The molecule has 0 fully saturated rings. The Bertz CT molecular complexity index is 667. The summed E-state index contributed by atoms with van der Waals surface area (Å²) in [6.45, 7) is 0. The minimum absolute atomic E-state index is 0.0448. The molecule has 0 aliphatic carbocycles. The Hall–Kier alpha value is -1.59. The van der Waals surface area contributed by atoms with Gasteiger partial charge >= 0.3 is 0 Å². The molecule has 2 heterocycles. The van der Waals surface area contributed by atoms with Gasteiger partial charge in [-0.2, -0.15) is 0 Å². The summed E-state index contributed by atoms with van der Waals surface area (Å²) in [6.07, 6.45) is 1.46. The highest BCUT2D eigenvalue weighted by Gasteiger charge is 2.22. The van der Waals surface area contributed by atoms with Crippen molar-refractivity contribution in [1.82, 2.24) is 5.32 Å². The van der Waals surface area contributed by atoms with Gasteiger partial charge in [-0.05, 0) is 29.5 Å². The second-order valence-corrected chi connectivity index (χ2v) is 7.28. The average molecular weight is 331 g/mol. The van der Waals surface area contributed by atoms with Gasteiger partial charge in [-0.1, -0.05) is 24.3 Å². The first-order valence-corrected chi connectivity index (χ1v) is 9.18. The van der Waals surface area contributed by atoms with Gasteiger partial charge in [0.25, 0.3) is 0 Å². The Morgan fingerprint density at radius 1 is 1.14 bits per heavy atom. The van der Waals surface area contributed by atoms with Crippen LogP contribution in [0.3, 0.4) is 0 Å². The molecular formula is C17H17NO2S2. The predicted molar refractivity (Wildman–Crippen MR) is 90.6 cm³/mol. The van der Waals surface area contributed by atoms with Crippen molar-refractivity contribution in [2.24, 2.45) is 0 Å². The number of nitrogens with one attached hydrogen (secondary N) is 1. The van der Waals surface area contributed by atoms with Gasteiger partial charge in [0.2, 0.25) is 5.91 Å². The number of thiophene rings is 1. The Kier molecular flexibility index (Phi) is 4.95. The first-order chi connectivity index (χ1) is 10.7. The summed E-state index contributed by atoms with van der Waals surface area (Å²) in [5.74, 6) is 1.01. The van der Waals surface area contributed by atoms with E-state index in [0.717, 1.165) is 17.1 Å². The molecule has 3 rings (SSSR count). The summed E-state index contributed by atoms with van der Waals surface area (Å²) < 4.78 is 0. The fraction of sp³-hybridized carbons (Fsp3) is 0.294.